The van der Waals surface area contributed by atoms with Crippen LogP contribution in [0, 0.1) is 0 Å². The molecule has 0 aliphatic carbocycles. The summed E-state index contributed by atoms with van der Waals surface area (Å²) in [6, 6.07) is 8.20. The van der Waals surface area contributed by atoms with Crippen LogP contribution < -0.4 is 29.7 Å². The van der Waals surface area contributed by atoms with Crippen molar-refractivity contribution in [2.75, 3.05) is 33.3 Å². The van der Waals surface area contributed by atoms with Gasteiger partial charge >= 0.3 is 0 Å². The Morgan fingerprint density at radius 3 is 2.23 bits per heavy atom. The van der Waals surface area contributed by atoms with E-state index in [4.69, 9.17) is 18.9 Å². The summed E-state index contributed by atoms with van der Waals surface area (Å²) in [6.07, 6.45) is 0. The summed E-state index contributed by atoms with van der Waals surface area (Å²) >= 11 is 1.38. The predicted molar refractivity (Wildman–Crippen MR) is 132 cm³/mol. The number of thioether (sulfide) groups is 1. The highest BCUT2D eigenvalue weighted by molar-refractivity contribution is 8.01. The zero-order valence-corrected chi connectivity index (χ0v) is 21.3. The molecule has 1 aliphatic heterocycles. The number of rotatable bonds is 9. The lowest BCUT2D eigenvalue weighted by molar-refractivity contribution is -0.132. The van der Waals surface area contributed by atoms with Gasteiger partial charge in [-0.15, -0.1) is 11.8 Å². The van der Waals surface area contributed by atoms with E-state index in [1.807, 2.05) is 0 Å². The third kappa shape index (κ3) is 5.56. The second-order valence-corrected chi connectivity index (χ2v) is 8.99. The molecule has 1 fully saturated rings. The third-order valence-corrected chi connectivity index (χ3v) is 6.54. The van der Waals surface area contributed by atoms with Crippen molar-refractivity contribution >= 4 is 35.2 Å². The van der Waals surface area contributed by atoms with E-state index in [-0.39, 0.29) is 23.1 Å². The van der Waals surface area contributed by atoms with E-state index in [9.17, 15) is 14.4 Å². The van der Waals surface area contributed by atoms with Gasteiger partial charge in [0.1, 0.15) is 11.1 Å². The minimum Gasteiger partial charge on any atom is -0.493 e. The van der Waals surface area contributed by atoms with Gasteiger partial charge in [-0.1, -0.05) is 0 Å². The Kier molecular flexibility index (Phi) is 8.34. The molecule has 11 heteroatoms. The van der Waals surface area contributed by atoms with Crippen LogP contribution in [0.2, 0.25) is 0 Å². The molecule has 3 rings (SSSR count). The zero-order valence-electron chi connectivity index (χ0n) is 20.5. The van der Waals surface area contributed by atoms with Crippen LogP contribution in [-0.2, 0) is 9.59 Å². The number of hydrogen-bond donors (Lipinski definition) is 2. The molecule has 3 amide bonds. The molecular weight excluding hydrogens is 474 g/mol. The highest BCUT2D eigenvalue weighted by Crippen LogP contribution is 2.47. The monoisotopic (exact) mass is 503 g/mol. The first kappa shape index (κ1) is 26.0. The summed E-state index contributed by atoms with van der Waals surface area (Å²) in [5, 5.41) is 3.03. The number of methoxy groups -OCH3 is 3. The van der Waals surface area contributed by atoms with Crippen molar-refractivity contribution in [1.82, 2.24) is 10.4 Å². The molecule has 2 N–H and O–H groups in total. The van der Waals surface area contributed by atoms with Gasteiger partial charge in [-0.2, -0.15) is 0 Å². The smallest absolute Gasteiger partial charge is 0.273 e. The molecule has 0 bridgehead atoms. The molecule has 10 nitrogen and oxygen atoms in total. The Balaban J connectivity index is 1.95. The molecule has 1 saturated heterocycles. The number of anilines is 1. The average molecular weight is 504 g/mol. The first-order chi connectivity index (χ1) is 16.7. The molecule has 2 aromatic rings. The van der Waals surface area contributed by atoms with E-state index in [2.05, 4.69) is 10.7 Å². The molecule has 0 saturated carbocycles. The van der Waals surface area contributed by atoms with E-state index in [1.54, 1.807) is 38.1 Å². The number of carbonyl (C=O) groups is 3. The minimum atomic E-state index is -0.538. The van der Waals surface area contributed by atoms with Crippen LogP contribution in [0.1, 0.15) is 42.1 Å². The molecule has 0 spiro atoms. The van der Waals surface area contributed by atoms with Crippen LogP contribution in [0.4, 0.5) is 5.69 Å². The lowest BCUT2D eigenvalue weighted by atomic mass is 10.1. The summed E-state index contributed by atoms with van der Waals surface area (Å²) in [7, 11) is 4.53. The lowest BCUT2D eigenvalue weighted by Gasteiger charge is -2.26. The summed E-state index contributed by atoms with van der Waals surface area (Å²) < 4.78 is 21.9. The SMILES string of the molecule is CCOc1cc(NC(C)=O)ccc1C(=O)NN1C(=O)C(C)SC1c1cc(OC)c(OC)c(OC)c1. The molecule has 188 valence electrons. The van der Waals surface area contributed by atoms with Crippen molar-refractivity contribution in [2.24, 2.45) is 0 Å². The van der Waals surface area contributed by atoms with Gasteiger partial charge in [0.05, 0.1) is 38.7 Å². The predicted octanol–water partition coefficient (Wildman–Crippen LogP) is 3.38. The maximum atomic E-state index is 13.3. The fraction of sp³-hybridized carbons (Fsp3) is 0.375. The van der Waals surface area contributed by atoms with E-state index in [0.29, 0.717) is 35.1 Å². The maximum absolute atomic E-state index is 13.3. The second-order valence-electron chi connectivity index (χ2n) is 7.56. The van der Waals surface area contributed by atoms with Crippen molar-refractivity contribution in [1.29, 1.82) is 0 Å². The fourth-order valence-electron chi connectivity index (χ4n) is 3.64. The molecule has 2 aromatic carbocycles. The van der Waals surface area contributed by atoms with Crippen LogP contribution >= 0.6 is 11.8 Å². The normalized spacial score (nSPS) is 17.1. The van der Waals surface area contributed by atoms with Gasteiger partial charge in [0, 0.05) is 18.7 Å². The molecule has 1 aliphatic rings. The molecule has 2 unspecified atom stereocenters. The molecule has 0 aromatic heterocycles. The molecule has 35 heavy (non-hydrogen) atoms. The van der Waals surface area contributed by atoms with Crippen molar-refractivity contribution in [2.45, 2.75) is 31.4 Å². The van der Waals surface area contributed by atoms with Crippen molar-refractivity contribution in [3.05, 3.63) is 41.5 Å². The Labute approximate surface area is 208 Å². The number of carbonyl (C=O) groups excluding carboxylic acids is 3. The fourth-order valence-corrected chi connectivity index (χ4v) is 4.83. The second kappa shape index (κ2) is 11.2. The van der Waals surface area contributed by atoms with Gasteiger partial charge in [-0.25, -0.2) is 5.01 Å². The third-order valence-electron chi connectivity index (χ3n) is 5.19. The highest BCUT2D eigenvalue weighted by Gasteiger charge is 2.41. The van der Waals surface area contributed by atoms with Gasteiger partial charge in [0.2, 0.25) is 11.7 Å². The molecule has 1 heterocycles. The van der Waals surface area contributed by atoms with Crippen molar-refractivity contribution < 1.29 is 33.3 Å². The molecule has 2 atom stereocenters. The standard InChI is InChI=1S/C24H29N3O7S/c1-7-34-18-12-16(25-14(3)28)8-9-17(18)22(29)26-27-23(30)13(2)35-24(27)15-10-19(31-4)21(33-6)20(11-15)32-5/h8-13,24H,7H2,1-6H3,(H,25,28)(H,26,29). The summed E-state index contributed by atoms with van der Waals surface area (Å²) in [5.74, 6) is 0.566. The van der Waals surface area contributed by atoms with Gasteiger partial charge in [0.25, 0.3) is 11.8 Å². The lowest BCUT2D eigenvalue weighted by Crippen LogP contribution is -2.45. The largest absolute Gasteiger partial charge is 0.493 e. The van der Waals surface area contributed by atoms with E-state index in [0.717, 1.165) is 0 Å². The number of nitrogens with zero attached hydrogens (tertiary/aromatic N) is 1. The van der Waals surface area contributed by atoms with E-state index in [1.165, 1.54) is 51.1 Å². The number of benzene rings is 2. The van der Waals surface area contributed by atoms with Gasteiger partial charge in [-0.3, -0.25) is 19.8 Å². The average Bonchev–Trinajstić information content (AvgIpc) is 3.11. The van der Waals surface area contributed by atoms with E-state index >= 15 is 0 Å². The Hall–Kier alpha value is -3.60. The van der Waals surface area contributed by atoms with Crippen LogP contribution in [0.5, 0.6) is 23.0 Å². The number of ether oxygens (including phenoxy) is 4. The van der Waals surface area contributed by atoms with E-state index < -0.39 is 16.5 Å². The zero-order chi connectivity index (χ0) is 25.7. The van der Waals surface area contributed by atoms with Crippen molar-refractivity contribution in [3.8, 4) is 23.0 Å². The van der Waals surface area contributed by atoms with Crippen molar-refractivity contribution in [3.63, 3.8) is 0 Å². The summed E-state index contributed by atoms with van der Waals surface area (Å²) in [6.45, 7) is 5.27. The van der Waals surface area contributed by atoms with Crippen LogP contribution in [0.25, 0.3) is 0 Å². The van der Waals surface area contributed by atoms with Gasteiger partial charge in [-0.05, 0) is 43.7 Å². The first-order valence-corrected chi connectivity index (χ1v) is 11.8. The molecule has 0 radical (unpaired) electrons. The van der Waals surface area contributed by atoms with Gasteiger partial charge < -0.3 is 24.3 Å². The first-order valence-electron chi connectivity index (χ1n) is 10.9. The Bertz CT molecular complexity index is 1100. The number of nitrogens with one attached hydrogen (secondary N) is 2. The summed E-state index contributed by atoms with van der Waals surface area (Å²) in [5.41, 5.74) is 4.14. The van der Waals surface area contributed by atoms with Crippen LogP contribution in [0.15, 0.2) is 30.3 Å². The van der Waals surface area contributed by atoms with Crippen LogP contribution in [0.3, 0.4) is 0 Å². The topological polar surface area (TPSA) is 115 Å². The number of amides is 3. The minimum absolute atomic E-state index is 0.224. The number of hydrogen-bond acceptors (Lipinski definition) is 8. The quantitative estimate of drug-likeness (QED) is 0.535. The number of hydrazine groups is 1. The Morgan fingerprint density at radius 1 is 1.03 bits per heavy atom. The highest BCUT2D eigenvalue weighted by atomic mass is 32.2. The maximum Gasteiger partial charge on any atom is 0.273 e. The summed E-state index contributed by atoms with van der Waals surface area (Å²) in [4.78, 5) is 37.7. The molecular formula is C24H29N3O7S. The van der Waals surface area contributed by atoms with Crippen LogP contribution in [-0.4, -0.2) is 55.9 Å². The Morgan fingerprint density at radius 2 is 1.69 bits per heavy atom. The van der Waals surface area contributed by atoms with Gasteiger partial charge in [0.15, 0.2) is 11.5 Å².